The van der Waals surface area contributed by atoms with Crippen LogP contribution in [-0.2, 0) is 4.79 Å². The van der Waals surface area contributed by atoms with Gasteiger partial charge in [0.2, 0.25) is 0 Å². The molecule has 4 rings (SSSR count). The van der Waals surface area contributed by atoms with Gasteiger partial charge in [-0.15, -0.1) is 0 Å². The molecule has 2 aromatic carbocycles. The quantitative estimate of drug-likeness (QED) is 0.541. The van der Waals surface area contributed by atoms with E-state index in [4.69, 9.17) is 23.2 Å². The van der Waals surface area contributed by atoms with Gasteiger partial charge in [0.25, 0.3) is 5.56 Å². The van der Waals surface area contributed by atoms with Gasteiger partial charge < -0.3 is 10.6 Å². The molecule has 0 spiro atoms. The summed E-state index contributed by atoms with van der Waals surface area (Å²) in [4.78, 5) is 34.9. The highest BCUT2D eigenvalue weighted by atomic mass is 35.5. The van der Waals surface area contributed by atoms with E-state index in [0.717, 1.165) is 0 Å². The molecule has 0 aliphatic carbocycles. The normalized spacial score (nSPS) is 17.3. The standard InChI is InChI=1S/C25H21Cl2N5O2/c1-15(31-21-13-18(33)11-12-28-16(2)29-14-30-21)24-23(27)19-9-6-10-20(26)22(19)25(34)32(24)17-7-4-3-5-8-17/h3-12,14-15,28H,2,13H2,1H3,(H,29,30,31)/b12-11-. The van der Waals surface area contributed by atoms with E-state index >= 15 is 0 Å². The van der Waals surface area contributed by atoms with Crippen molar-refractivity contribution in [3.8, 4) is 5.69 Å². The molecule has 0 saturated carbocycles. The van der Waals surface area contributed by atoms with E-state index < -0.39 is 6.04 Å². The maximum absolute atomic E-state index is 13.6. The van der Waals surface area contributed by atoms with Crippen molar-refractivity contribution in [2.75, 3.05) is 0 Å². The Labute approximate surface area is 206 Å². The Bertz CT molecular complexity index is 1420. The van der Waals surface area contributed by atoms with Crippen LogP contribution in [0.1, 0.15) is 25.1 Å². The average molecular weight is 494 g/mol. The number of nitrogens with one attached hydrogen (secondary N) is 2. The van der Waals surface area contributed by atoms with E-state index in [1.165, 1.54) is 23.2 Å². The van der Waals surface area contributed by atoms with Crippen molar-refractivity contribution in [1.82, 2.24) is 15.2 Å². The van der Waals surface area contributed by atoms with Crippen LogP contribution >= 0.6 is 23.2 Å². The third kappa shape index (κ3) is 4.81. The zero-order valence-electron chi connectivity index (χ0n) is 18.3. The number of amidine groups is 1. The molecule has 1 aromatic heterocycles. The van der Waals surface area contributed by atoms with Crippen LogP contribution in [-0.4, -0.2) is 22.5 Å². The number of ketones is 1. The SMILES string of the molecule is C=C1NC=NC(=NC(C)c2c(Cl)c3cccc(Cl)c3c(=O)n2-c2ccccc2)CC(=O)/C=C\N1. The Kier molecular flexibility index (Phi) is 6.95. The number of hydrogen-bond donors (Lipinski definition) is 2. The van der Waals surface area contributed by atoms with Gasteiger partial charge in [0.1, 0.15) is 11.7 Å². The monoisotopic (exact) mass is 493 g/mol. The second-order valence-electron chi connectivity index (χ2n) is 7.56. The number of benzene rings is 2. The predicted octanol–water partition coefficient (Wildman–Crippen LogP) is 4.92. The zero-order valence-corrected chi connectivity index (χ0v) is 19.8. The number of hydrogen-bond acceptors (Lipinski definition) is 5. The Morgan fingerprint density at radius 1 is 1.09 bits per heavy atom. The summed E-state index contributed by atoms with van der Waals surface area (Å²) in [6, 6.07) is 13.7. The van der Waals surface area contributed by atoms with E-state index in [9.17, 15) is 9.59 Å². The second kappa shape index (κ2) is 10.1. The number of fused-ring (bicyclic) bond motifs is 1. The van der Waals surface area contributed by atoms with Crippen LogP contribution in [0.3, 0.4) is 0 Å². The van der Waals surface area contributed by atoms with Gasteiger partial charge in [0.05, 0.1) is 39.9 Å². The number of carbonyl (C=O) groups excluding carboxylic acids is 1. The van der Waals surface area contributed by atoms with Gasteiger partial charge in [-0.3, -0.25) is 19.1 Å². The molecule has 3 aromatic rings. The molecule has 0 saturated heterocycles. The highest BCUT2D eigenvalue weighted by Crippen LogP contribution is 2.34. The molecular weight excluding hydrogens is 473 g/mol. The Balaban J connectivity index is 1.92. The fourth-order valence-corrected chi connectivity index (χ4v) is 4.33. The highest BCUT2D eigenvalue weighted by molar-refractivity contribution is 6.40. The first-order chi connectivity index (χ1) is 16.4. The average Bonchev–Trinajstić information content (AvgIpc) is 2.81. The highest BCUT2D eigenvalue weighted by Gasteiger charge is 2.23. The molecule has 1 aliphatic rings. The first-order valence-electron chi connectivity index (χ1n) is 10.5. The zero-order chi connectivity index (χ0) is 24.2. The van der Waals surface area contributed by atoms with Crippen LogP contribution < -0.4 is 16.2 Å². The molecule has 0 radical (unpaired) electrons. The fraction of sp³-hybridized carbons (Fsp3) is 0.120. The third-order valence-electron chi connectivity index (χ3n) is 5.20. The van der Waals surface area contributed by atoms with Gasteiger partial charge in [0, 0.05) is 17.3 Å². The molecule has 1 unspecified atom stereocenters. The largest absolute Gasteiger partial charge is 0.349 e. The summed E-state index contributed by atoms with van der Waals surface area (Å²) in [5.74, 6) is 0.537. The lowest BCUT2D eigenvalue weighted by molar-refractivity contribution is -0.113. The minimum absolute atomic E-state index is 0.0280. The second-order valence-corrected chi connectivity index (χ2v) is 8.35. The first-order valence-corrected chi connectivity index (χ1v) is 11.2. The third-order valence-corrected chi connectivity index (χ3v) is 5.91. The number of pyridine rings is 1. The molecule has 1 atom stereocenters. The summed E-state index contributed by atoms with van der Waals surface area (Å²) < 4.78 is 1.51. The minimum atomic E-state index is -0.614. The lowest BCUT2D eigenvalue weighted by Gasteiger charge is -2.20. The van der Waals surface area contributed by atoms with Crippen LogP contribution in [0, 0.1) is 0 Å². The molecule has 172 valence electrons. The summed E-state index contributed by atoms with van der Waals surface area (Å²) in [6.45, 7) is 5.56. The summed E-state index contributed by atoms with van der Waals surface area (Å²) in [6.07, 6.45) is 4.26. The van der Waals surface area contributed by atoms with Crippen molar-refractivity contribution in [2.24, 2.45) is 9.98 Å². The van der Waals surface area contributed by atoms with Gasteiger partial charge in [-0.1, -0.05) is 60.1 Å². The number of para-hydroxylation sites is 1. The summed E-state index contributed by atoms with van der Waals surface area (Å²) in [5, 5.41) is 7.21. The van der Waals surface area contributed by atoms with Gasteiger partial charge in [-0.05, 0) is 31.2 Å². The molecule has 2 N–H and O–H groups in total. The summed E-state index contributed by atoms with van der Waals surface area (Å²) in [5.41, 5.74) is 0.779. The minimum Gasteiger partial charge on any atom is -0.349 e. The van der Waals surface area contributed by atoms with Crippen molar-refractivity contribution in [2.45, 2.75) is 19.4 Å². The molecule has 9 heteroatoms. The molecule has 2 heterocycles. The Morgan fingerprint density at radius 2 is 1.85 bits per heavy atom. The fourth-order valence-electron chi connectivity index (χ4n) is 3.67. The number of nitrogens with zero attached hydrogens (tertiary/aromatic N) is 3. The summed E-state index contributed by atoms with van der Waals surface area (Å²) in [7, 11) is 0. The molecule has 7 nitrogen and oxygen atoms in total. The molecule has 0 fully saturated rings. The number of aromatic nitrogens is 1. The van der Waals surface area contributed by atoms with Gasteiger partial charge >= 0.3 is 0 Å². The van der Waals surface area contributed by atoms with Gasteiger partial charge in [-0.2, -0.15) is 0 Å². The number of rotatable bonds is 3. The van der Waals surface area contributed by atoms with E-state index in [1.807, 2.05) is 30.3 Å². The molecule has 0 bridgehead atoms. The van der Waals surface area contributed by atoms with Crippen LogP contribution in [0.15, 0.2) is 88.0 Å². The smallest absolute Gasteiger partial charge is 0.264 e. The van der Waals surface area contributed by atoms with Crippen molar-refractivity contribution < 1.29 is 4.79 Å². The molecule has 0 amide bonds. The lowest BCUT2D eigenvalue weighted by Crippen LogP contribution is -2.25. The van der Waals surface area contributed by atoms with Crippen molar-refractivity contribution in [1.29, 1.82) is 0 Å². The van der Waals surface area contributed by atoms with Crippen LogP contribution in [0.2, 0.25) is 10.0 Å². The number of halogens is 2. The summed E-state index contributed by atoms with van der Waals surface area (Å²) >= 11 is 13.3. The Morgan fingerprint density at radius 3 is 2.62 bits per heavy atom. The molecule has 34 heavy (non-hydrogen) atoms. The van der Waals surface area contributed by atoms with E-state index in [-0.39, 0.29) is 23.6 Å². The van der Waals surface area contributed by atoms with E-state index in [2.05, 4.69) is 27.2 Å². The van der Waals surface area contributed by atoms with Crippen molar-refractivity contribution >= 4 is 51.9 Å². The molecule has 1 aliphatic heterocycles. The van der Waals surface area contributed by atoms with Crippen molar-refractivity contribution in [3.63, 3.8) is 0 Å². The Hall–Kier alpha value is -3.68. The maximum atomic E-state index is 13.6. The maximum Gasteiger partial charge on any atom is 0.264 e. The van der Waals surface area contributed by atoms with Gasteiger partial charge in [-0.25, -0.2) is 4.99 Å². The number of aliphatic imine (C=N–C) groups is 2. The topological polar surface area (TPSA) is 87.8 Å². The number of carbonyl (C=O) groups is 1. The van der Waals surface area contributed by atoms with Crippen LogP contribution in [0.5, 0.6) is 0 Å². The van der Waals surface area contributed by atoms with E-state index in [1.54, 1.807) is 25.1 Å². The van der Waals surface area contributed by atoms with Crippen LogP contribution in [0.4, 0.5) is 0 Å². The van der Waals surface area contributed by atoms with E-state index in [0.29, 0.717) is 38.0 Å². The number of allylic oxidation sites excluding steroid dienone is 1. The van der Waals surface area contributed by atoms with Gasteiger partial charge in [0.15, 0.2) is 5.78 Å². The lowest BCUT2D eigenvalue weighted by atomic mass is 10.1. The predicted molar refractivity (Wildman–Crippen MR) is 138 cm³/mol. The van der Waals surface area contributed by atoms with Crippen LogP contribution in [0.25, 0.3) is 16.5 Å². The van der Waals surface area contributed by atoms with Crippen molar-refractivity contribution in [3.05, 3.63) is 99.3 Å². The molecular formula is C25H21Cl2N5O2. The first kappa shape index (κ1) is 23.5.